The topological polar surface area (TPSA) is 74.0 Å². The number of nitrogens with zero attached hydrogens (tertiary/aromatic N) is 2. The quantitative estimate of drug-likeness (QED) is 0.774. The molecule has 2 heterocycles. The van der Waals surface area contributed by atoms with Crippen molar-refractivity contribution in [1.82, 2.24) is 9.55 Å². The summed E-state index contributed by atoms with van der Waals surface area (Å²) in [6.45, 7) is 0.401. The molecule has 0 amide bonds. The molecule has 15 heavy (non-hydrogen) atoms. The summed E-state index contributed by atoms with van der Waals surface area (Å²) in [5.74, 6) is -0.431. The van der Waals surface area contributed by atoms with Gasteiger partial charge >= 0.3 is 5.76 Å². The predicted octanol–water partition coefficient (Wildman–Crippen LogP) is 0.666. The molecule has 0 unspecified atom stereocenters. The summed E-state index contributed by atoms with van der Waals surface area (Å²) in [5, 5.41) is 0. The van der Waals surface area contributed by atoms with Gasteiger partial charge in [0.25, 0.3) is 0 Å². The summed E-state index contributed by atoms with van der Waals surface area (Å²) >= 11 is 4.75. The van der Waals surface area contributed by atoms with Crippen LogP contribution in [0, 0.1) is 0 Å². The maximum atomic E-state index is 11.4. The summed E-state index contributed by atoms with van der Waals surface area (Å²) in [6, 6.07) is 3.41. The number of oxazole rings is 1. The van der Waals surface area contributed by atoms with Crippen molar-refractivity contribution < 1.29 is 4.42 Å². The van der Waals surface area contributed by atoms with Crippen LogP contribution in [-0.4, -0.2) is 14.5 Å². The fourth-order valence-electron chi connectivity index (χ4n) is 1.32. The van der Waals surface area contributed by atoms with Crippen LogP contribution < -0.4 is 11.5 Å². The standard InChI is InChI=1S/C9H9N3O2S/c10-7(15)3-5-12-8-6(14-9(12)13)2-1-4-11-8/h1-2,4H,3,5H2,(H2,10,15). The zero-order valence-corrected chi connectivity index (χ0v) is 8.66. The second-order valence-electron chi connectivity index (χ2n) is 3.06. The summed E-state index contributed by atoms with van der Waals surface area (Å²) in [6.07, 6.45) is 2.06. The van der Waals surface area contributed by atoms with E-state index >= 15 is 0 Å². The number of fused-ring (bicyclic) bond motifs is 1. The van der Waals surface area contributed by atoms with Crippen molar-refractivity contribution in [2.75, 3.05) is 0 Å². The maximum Gasteiger partial charge on any atom is 0.421 e. The predicted molar refractivity (Wildman–Crippen MR) is 59.7 cm³/mol. The van der Waals surface area contributed by atoms with Crippen molar-refractivity contribution in [3.63, 3.8) is 0 Å². The molecule has 2 aromatic rings. The molecule has 78 valence electrons. The van der Waals surface area contributed by atoms with E-state index in [0.717, 1.165) is 0 Å². The third-order valence-corrected chi connectivity index (χ3v) is 2.21. The minimum Gasteiger partial charge on any atom is -0.406 e. The molecular formula is C9H9N3O2S. The van der Waals surface area contributed by atoms with Gasteiger partial charge in [0.2, 0.25) is 0 Å². The van der Waals surface area contributed by atoms with Crippen LogP contribution in [0.5, 0.6) is 0 Å². The molecule has 0 spiro atoms. The summed E-state index contributed by atoms with van der Waals surface area (Å²) in [7, 11) is 0. The first-order valence-electron chi connectivity index (χ1n) is 4.41. The van der Waals surface area contributed by atoms with Gasteiger partial charge in [0.1, 0.15) is 0 Å². The fourth-order valence-corrected chi connectivity index (χ4v) is 1.41. The molecule has 2 N–H and O–H groups in total. The van der Waals surface area contributed by atoms with Gasteiger partial charge in [0, 0.05) is 19.2 Å². The van der Waals surface area contributed by atoms with Crippen molar-refractivity contribution in [1.29, 1.82) is 0 Å². The number of nitrogens with two attached hydrogens (primary N) is 1. The Morgan fingerprint density at radius 2 is 2.47 bits per heavy atom. The Morgan fingerprint density at radius 3 is 3.20 bits per heavy atom. The van der Waals surface area contributed by atoms with Crippen molar-refractivity contribution >= 4 is 28.4 Å². The van der Waals surface area contributed by atoms with Crippen molar-refractivity contribution in [2.45, 2.75) is 13.0 Å². The molecule has 0 fully saturated rings. The average molecular weight is 223 g/mol. The third-order valence-electron chi connectivity index (χ3n) is 2.01. The molecule has 0 aliphatic rings. The van der Waals surface area contributed by atoms with E-state index in [1.807, 2.05) is 0 Å². The molecule has 2 aromatic heterocycles. The van der Waals surface area contributed by atoms with E-state index in [9.17, 15) is 4.79 Å². The first kappa shape index (κ1) is 9.85. The summed E-state index contributed by atoms with van der Waals surface area (Å²) in [5.41, 5.74) is 6.37. The van der Waals surface area contributed by atoms with Gasteiger partial charge < -0.3 is 10.2 Å². The lowest BCUT2D eigenvalue weighted by Gasteiger charge is -1.98. The van der Waals surface area contributed by atoms with Crippen LogP contribution >= 0.6 is 12.2 Å². The number of thiocarbonyl (C=S) groups is 1. The van der Waals surface area contributed by atoms with Crippen LogP contribution in [-0.2, 0) is 6.54 Å². The number of hydrogen-bond acceptors (Lipinski definition) is 4. The van der Waals surface area contributed by atoms with Gasteiger partial charge in [-0.05, 0) is 12.1 Å². The Labute approximate surface area is 90.5 Å². The van der Waals surface area contributed by atoms with Gasteiger partial charge in [0.15, 0.2) is 11.2 Å². The van der Waals surface area contributed by atoms with E-state index in [-0.39, 0.29) is 0 Å². The monoisotopic (exact) mass is 223 g/mol. The van der Waals surface area contributed by atoms with Gasteiger partial charge in [-0.25, -0.2) is 9.78 Å². The van der Waals surface area contributed by atoms with Gasteiger partial charge in [-0.2, -0.15) is 0 Å². The third kappa shape index (κ3) is 1.89. The van der Waals surface area contributed by atoms with E-state index in [4.69, 9.17) is 22.4 Å². The Bertz CT molecular complexity index is 558. The molecule has 0 bridgehead atoms. The number of aryl methyl sites for hydroxylation is 1. The highest BCUT2D eigenvalue weighted by Gasteiger charge is 2.09. The van der Waals surface area contributed by atoms with E-state index in [1.54, 1.807) is 18.3 Å². The number of hydrogen-bond donors (Lipinski definition) is 1. The molecule has 0 saturated carbocycles. The first-order valence-corrected chi connectivity index (χ1v) is 4.82. The Morgan fingerprint density at radius 1 is 1.67 bits per heavy atom. The van der Waals surface area contributed by atoms with Crippen LogP contribution in [0.2, 0.25) is 0 Å². The lowest BCUT2D eigenvalue weighted by atomic mass is 10.4. The normalized spacial score (nSPS) is 10.7. The fraction of sp³-hybridized carbons (Fsp3) is 0.222. The maximum absolute atomic E-state index is 11.4. The Kier molecular flexibility index (Phi) is 2.51. The Hall–Kier alpha value is -1.69. The van der Waals surface area contributed by atoms with Crippen LogP contribution in [0.3, 0.4) is 0 Å². The van der Waals surface area contributed by atoms with Crippen LogP contribution in [0.4, 0.5) is 0 Å². The Balaban J connectivity index is 2.45. The van der Waals surface area contributed by atoms with Crippen LogP contribution in [0.1, 0.15) is 6.42 Å². The van der Waals surface area contributed by atoms with Gasteiger partial charge in [-0.1, -0.05) is 12.2 Å². The molecular weight excluding hydrogens is 214 g/mol. The smallest absolute Gasteiger partial charge is 0.406 e. The number of pyridine rings is 1. The number of rotatable bonds is 3. The highest BCUT2D eigenvalue weighted by atomic mass is 32.1. The molecule has 2 rings (SSSR count). The lowest BCUT2D eigenvalue weighted by Crippen LogP contribution is -2.19. The molecule has 5 nitrogen and oxygen atoms in total. The molecule has 0 aliphatic carbocycles. The molecule has 0 saturated heterocycles. The zero-order valence-electron chi connectivity index (χ0n) is 7.84. The zero-order chi connectivity index (χ0) is 10.8. The average Bonchev–Trinajstić information content (AvgIpc) is 2.50. The largest absolute Gasteiger partial charge is 0.421 e. The second kappa shape index (κ2) is 3.82. The lowest BCUT2D eigenvalue weighted by molar-refractivity contribution is 0.508. The molecule has 6 heteroatoms. The molecule has 0 aromatic carbocycles. The van der Waals surface area contributed by atoms with Crippen molar-refractivity contribution in [3.8, 4) is 0 Å². The van der Waals surface area contributed by atoms with Gasteiger partial charge in [-0.15, -0.1) is 0 Å². The molecule has 0 aliphatic heterocycles. The highest BCUT2D eigenvalue weighted by Crippen LogP contribution is 2.08. The number of aromatic nitrogens is 2. The van der Waals surface area contributed by atoms with E-state index in [0.29, 0.717) is 29.2 Å². The minimum absolute atomic E-state index is 0.368. The SMILES string of the molecule is NC(=S)CCn1c(=O)oc2cccnc21. The second-order valence-corrected chi connectivity index (χ2v) is 3.59. The molecule has 0 atom stereocenters. The highest BCUT2D eigenvalue weighted by molar-refractivity contribution is 7.80. The first-order chi connectivity index (χ1) is 7.18. The summed E-state index contributed by atoms with van der Waals surface area (Å²) in [4.78, 5) is 15.9. The van der Waals surface area contributed by atoms with Gasteiger partial charge in [-0.3, -0.25) is 4.57 Å². The van der Waals surface area contributed by atoms with Crippen LogP contribution in [0.15, 0.2) is 27.5 Å². The minimum atomic E-state index is -0.431. The summed E-state index contributed by atoms with van der Waals surface area (Å²) < 4.78 is 6.42. The van der Waals surface area contributed by atoms with Crippen molar-refractivity contribution in [3.05, 3.63) is 28.9 Å². The van der Waals surface area contributed by atoms with Crippen molar-refractivity contribution in [2.24, 2.45) is 5.73 Å². The molecule has 0 radical (unpaired) electrons. The van der Waals surface area contributed by atoms with E-state index in [2.05, 4.69) is 4.98 Å². The van der Waals surface area contributed by atoms with Crippen LogP contribution in [0.25, 0.3) is 11.2 Å². The van der Waals surface area contributed by atoms with E-state index < -0.39 is 5.76 Å². The van der Waals surface area contributed by atoms with Gasteiger partial charge in [0.05, 0.1) is 4.99 Å². The van der Waals surface area contributed by atoms with E-state index in [1.165, 1.54) is 4.57 Å².